The number of carbonyl (C=O) groups excluding carboxylic acids is 1. The molecule has 1 fully saturated rings. The van der Waals surface area contributed by atoms with E-state index >= 15 is 0 Å². The fourth-order valence-electron chi connectivity index (χ4n) is 3.58. The third-order valence-electron chi connectivity index (χ3n) is 5.21. The normalized spacial score (nSPS) is 14.2. The van der Waals surface area contributed by atoms with E-state index in [-0.39, 0.29) is 11.7 Å². The molecule has 0 radical (unpaired) electrons. The molecule has 1 saturated carbocycles. The third-order valence-corrected chi connectivity index (χ3v) is 6.03. The Morgan fingerprint density at radius 1 is 1.03 bits per heavy atom. The first-order valence-electron chi connectivity index (χ1n) is 10.5. The highest BCUT2D eigenvalue weighted by Gasteiger charge is 2.14. The van der Waals surface area contributed by atoms with Gasteiger partial charge in [0, 0.05) is 23.0 Å². The third kappa shape index (κ3) is 6.01. The molecule has 0 unspecified atom stereocenters. The zero-order chi connectivity index (χ0) is 21.5. The number of nitrogens with one attached hydrogen (secondary N) is 2. The molecule has 31 heavy (non-hydrogen) atoms. The Morgan fingerprint density at radius 2 is 1.74 bits per heavy atom. The van der Waals surface area contributed by atoms with Crippen LogP contribution >= 0.6 is 11.8 Å². The smallest absolute Gasteiger partial charge is 0.277 e. The van der Waals surface area contributed by atoms with Crippen LogP contribution in [0, 0.1) is 0 Å². The summed E-state index contributed by atoms with van der Waals surface area (Å²) in [6.07, 6.45) is 6.39. The predicted molar refractivity (Wildman–Crippen MR) is 123 cm³/mol. The van der Waals surface area contributed by atoms with Gasteiger partial charge in [-0.05, 0) is 61.4 Å². The van der Waals surface area contributed by atoms with Gasteiger partial charge in [0.05, 0.1) is 12.9 Å². The van der Waals surface area contributed by atoms with Crippen LogP contribution in [0.25, 0.3) is 11.5 Å². The maximum Gasteiger partial charge on any atom is 0.277 e. The minimum absolute atomic E-state index is 0.123. The molecule has 1 amide bonds. The highest BCUT2D eigenvalue weighted by molar-refractivity contribution is 7.99. The predicted octanol–water partition coefficient (Wildman–Crippen LogP) is 5.22. The van der Waals surface area contributed by atoms with Gasteiger partial charge in [-0.2, -0.15) is 0 Å². The maximum atomic E-state index is 12.3. The second-order valence-corrected chi connectivity index (χ2v) is 8.42. The summed E-state index contributed by atoms with van der Waals surface area (Å²) in [6.45, 7) is 0. The molecule has 1 aliphatic rings. The molecular formula is C23H26N4O3S. The summed E-state index contributed by atoms with van der Waals surface area (Å²) < 4.78 is 10.8. The number of ether oxygens (including phenoxy) is 1. The Morgan fingerprint density at radius 3 is 2.45 bits per heavy atom. The van der Waals surface area contributed by atoms with Gasteiger partial charge in [-0.1, -0.05) is 31.0 Å². The Kier molecular flexibility index (Phi) is 7.09. The van der Waals surface area contributed by atoms with E-state index in [1.165, 1.54) is 43.9 Å². The molecule has 2 N–H and O–H groups in total. The molecule has 1 aliphatic carbocycles. The number of thioether (sulfide) groups is 1. The van der Waals surface area contributed by atoms with E-state index in [4.69, 9.17) is 9.15 Å². The molecule has 7 nitrogen and oxygen atoms in total. The van der Waals surface area contributed by atoms with Crippen LogP contribution in [-0.2, 0) is 4.79 Å². The first kappa shape index (κ1) is 21.2. The molecule has 0 aliphatic heterocycles. The number of rotatable bonds is 8. The van der Waals surface area contributed by atoms with Gasteiger partial charge >= 0.3 is 0 Å². The molecule has 2 aromatic carbocycles. The van der Waals surface area contributed by atoms with Gasteiger partial charge in [0.25, 0.3) is 5.22 Å². The van der Waals surface area contributed by atoms with Crippen LogP contribution in [0.5, 0.6) is 5.75 Å². The summed E-state index contributed by atoms with van der Waals surface area (Å²) in [5, 5.41) is 14.9. The number of nitrogens with zero attached hydrogens (tertiary/aromatic N) is 2. The van der Waals surface area contributed by atoms with Crippen LogP contribution < -0.4 is 15.4 Å². The van der Waals surface area contributed by atoms with E-state index in [9.17, 15) is 4.79 Å². The van der Waals surface area contributed by atoms with E-state index in [0.717, 1.165) is 22.7 Å². The van der Waals surface area contributed by atoms with Crippen molar-refractivity contribution in [3.8, 4) is 17.2 Å². The number of anilines is 2. The number of hydrogen-bond donors (Lipinski definition) is 2. The number of benzene rings is 2. The van der Waals surface area contributed by atoms with Crippen LogP contribution in [0.1, 0.15) is 32.1 Å². The van der Waals surface area contributed by atoms with Gasteiger partial charge in [0.15, 0.2) is 0 Å². The molecular weight excluding hydrogens is 412 g/mol. The summed E-state index contributed by atoms with van der Waals surface area (Å²) in [6, 6.07) is 15.8. The summed E-state index contributed by atoms with van der Waals surface area (Å²) in [4.78, 5) is 12.3. The zero-order valence-electron chi connectivity index (χ0n) is 17.5. The van der Waals surface area contributed by atoms with E-state index in [1.54, 1.807) is 7.11 Å². The average molecular weight is 439 g/mol. The lowest BCUT2D eigenvalue weighted by atomic mass is 9.95. The van der Waals surface area contributed by atoms with E-state index in [2.05, 4.69) is 20.8 Å². The van der Waals surface area contributed by atoms with Crippen molar-refractivity contribution >= 4 is 29.0 Å². The van der Waals surface area contributed by atoms with Crippen LogP contribution in [0.2, 0.25) is 0 Å². The molecule has 8 heteroatoms. The average Bonchev–Trinajstić information content (AvgIpc) is 3.29. The second-order valence-electron chi connectivity index (χ2n) is 7.50. The quantitative estimate of drug-likeness (QED) is 0.466. The Balaban J connectivity index is 1.25. The standard InChI is InChI=1S/C23H26N4O3S/c1-29-20-13-7-16(8-14-20)22-26-27-23(30-22)31-15-21(28)25-19-11-9-18(10-12-19)24-17-5-3-2-4-6-17/h7-14,17,24H,2-6,15H2,1H3,(H,25,28). The molecule has 1 heterocycles. The van der Waals surface area contributed by atoms with Gasteiger partial charge in [-0.3, -0.25) is 4.79 Å². The largest absolute Gasteiger partial charge is 0.497 e. The lowest BCUT2D eigenvalue weighted by Gasteiger charge is -2.23. The molecule has 0 atom stereocenters. The molecule has 0 spiro atoms. The van der Waals surface area contributed by atoms with Crippen molar-refractivity contribution in [3.63, 3.8) is 0 Å². The number of methoxy groups -OCH3 is 1. The van der Waals surface area contributed by atoms with Crippen molar-refractivity contribution in [2.24, 2.45) is 0 Å². The Labute approximate surface area is 186 Å². The molecule has 4 rings (SSSR count). The molecule has 3 aromatic rings. The highest BCUT2D eigenvalue weighted by Crippen LogP contribution is 2.25. The van der Waals surface area contributed by atoms with Crippen molar-refractivity contribution in [1.29, 1.82) is 0 Å². The monoisotopic (exact) mass is 438 g/mol. The fraction of sp³-hybridized carbons (Fsp3) is 0.348. The summed E-state index contributed by atoms with van der Waals surface area (Å²) in [5.41, 5.74) is 2.66. The fourth-order valence-corrected chi connectivity index (χ4v) is 4.14. The lowest BCUT2D eigenvalue weighted by Crippen LogP contribution is -2.22. The van der Waals surface area contributed by atoms with E-state index in [1.807, 2.05) is 48.5 Å². The van der Waals surface area contributed by atoms with Crippen molar-refractivity contribution in [3.05, 3.63) is 48.5 Å². The maximum absolute atomic E-state index is 12.3. The van der Waals surface area contributed by atoms with Crippen molar-refractivity contribution < 1.29 is 13.9 Å². The number of aromatic nitrogens is 2. The van der Waals surface area contributed by atoms with Gasteiger partial charge < -0.3 is 19.8 Å². The first-order valence-corrected chi connectivity index (χ1v) is 11.5. The highest BCUT2D eigenvalue weighted by atomic mass is 32.2. The summed E-state index contributed by atoms with van der Waals surface area (Å²) >= 11 is 1.21. The van der Waals surface area contributed by atoms with Crippen molar-refractivity contribution in [1.82, 2.24) is 10.2 Å². The summed E-state index contributed by atoms with van der Waals surface area (Å²) in [7, 11) is 1.62. The minimum Gasteiger partial charge on any atom is -0.497 e. The van der Waals surface area contributed by atoms with Crippen LogP contribution in [0.3, 0.4) is 0 Å². The first-order chi connectivity index (χ1) is 15.2. The van der Waals surface area contributed by atoms with Crippen molar-refractivity contribution in [2.75, 3.05) is 23.5 Å². The van der Waals surface area contributed by atoms with Crippen molar-refractivity contribution in [2.45, 2.75) is 43.4 Å². The Bertz CT molecular complexity index is 983. The number of carbonyl (C=O) groups is 1. The number of hydrogen-bond acceptors (Lipinski definition) is 7. The summed E-state index contributed by atoms with van der Waals surface area (Å²) in [5.74, 6) is 1.23. The minimum atomic E-state index is -0.123. The molecule has 0 bridgehead atoms. The van der Waals surface area contributed by atoms with Gasteiger partial charge in [0.2, 0.25) is 11.8 Å². The van der Waals surface area contributed by atoms with Gasteiger partial charge in [-0.15, -0.1) is 10.2 Å². The lowest BCUT2D eigenvalue weighted by molar-refractivity contribution is -0.113. The SMILES string of the molecule is COc1ccc(-c2nnc(SCC(=O)Nc3ccc(NC4CCCCC4)cc3)o2)cc1. The van der Waals surface area contributed by atoms with E-state index < -0.39 is 0 Å². The van der Waals surface area contributed by atoms with Gasteiger partial charge in [0.1, 0.15) is 5.75 Å². The molecule has 162 valence electrons. The van der Waals surface area contributed by atoms with E-state index in [0.29, 0.717) is 17.2 Å². The molecule has 0 saturated heterocycles. The van der Waals surface area contributed by atoms with Gasteiger partial charge in [-0.25, -0.2) is 0 Å². The second kappa shape index (κ2) is 10.3. The van der Waals surface area contributed by atoms with Crippen LogP contribution in [-0.4, -0.2) is 35.0 Å². The Hall–Kier alpha value is -3.00. The van der Waals surface area contributed by atoms with Crippen LogP contribution in [0.15, 0.2) is 58.2 Å². The topological polar surface area (TPSA) is 89.3 Å². The molecule has 1 aromatic heterocycles. The number of amides is 1. The zero-order valence-corrected chi connectivity index (χ0v) is 18.3. The van der Waals surface area contributed by atoms with Crippen LogP contribution in [0.4, 0.5) is 11.4 Å².